The van der Waals surface area contributed by atoms with Gasteiger partial charge in [0.1, 0.15) is 0 Å². The third kappa shape index (κ3) is 5.34. The van der Waals surface area contributed by atoms with Crippen molar-refractivity contribution in [2.75, 3.05) is 6.61 Å². The Kier molecular flexibility index (Phi) is 3.19. The van der Waals surface area contributed by atoms with Crippen LogP contribution in [0.1, 0.15) is 13.3 Å². The van der Waals surface area contributed by atoms with Crippen LogP contribution in [-0.2, 0) is 4.74 Å². The first kappa shape index (κ1) is 6.34. The average molecular weight is 101 g/mol. The first-order chi connectivity index (χ1) is 3.27. The lowest BCUT2D eigenvalue weighted by Gasteiger charge is -1.98. The third-order valence-electron chi connectivity index (χ3n) is 0.492. The Balaban J connectivity index is 2.82. The van der Waals surface area contributed by atoms with Crippen molar-refractivity contribution in [2.45, 2.75) is 13.3 Å². The van der Waals surface area contributed by atoms with Crippen LogP contribution in [-0.4, -0.2) is 6.61 Å². The van der Waals surface area contributed by atoms with Crippen LogP contribution in [0.3, 0.4) is 0 Å². The first-order valence-electron chi connectivity index (χ1n) is 2.34. The van der Waals surface area contributed by atoms with Crippen LogP contribution in [0.15, 0.2) is 12.5 Å². The van der Waals surface area contributed by atoms with Gasteiger partial charge in [0.2, 0.25) is 0 Å². The van der Waals surface area contributed by atoms with E-state index >= 15 is 0 Å². The minimum Gasteiger partial charge on any atom is -0.480 e. The molecule has 2 N–H and O–H groups in total. The van der Waals surface area contributed by atoms with Gasteiger partial charge in [0.25, 0.3) is 0 Å². The summed E-state index contributed by atoms with van der Waals surface area (Å²) in [6.07, 6.45) is 0.982. The van der Waals surface area contributed by atoms with Gasteiger partial charge < -0.3 is 10.5 Å². The van der Waals surface area contributed by atoms with E-state index in [0.29, 0.717) is 12.5 Å². The van der Waals surface area contributed by atoms with Gasteiger partial charge in [0.05, 0.1) is 6.61 Å². The van der Waals surface area contributed by atoms with Crippen molar-refractivity contribution in [3.05, 3.63) is 12.5 Å². The van der Waals surface area contributed by atoms with Crippen molar-refractivity contribution in [3.8, 4) is 0 Å². The maximum Gasteiger partial charge on any atom is 0.176 e. The highest BCUT2D eigenvalue weighted by atomic mass is 16.5. The van der Waals surface area contributed by atoms with Crippen LogP contribution in [0.4, 0.5) is 0 Å². The smallest absolute Gasteiger partial charge is 0.176 e. The second kappa shape index (κ2) is 3.53. The molecule has 0 aromatic rings. The van der Waals surface area contributed by atoms with Gasteiger partial charge in [-0.1, -0.05) is 6.92 Å². The topological polar surface area (TPSA) is 35.2 Å². The molecule has 0 atom stereocenters. The number of nitrogens with two attached hydrogens (primary N) is 1. The van der Waals surface area contributed by atoms with E-state index in [9.17, 15) is 0 Å². The van der Waals surface area contributed by atoms with Crippen LogP contribution in [0.25, 0.3) is 0 Å². The van der Waals surface area contributed by atoms with E-state index in [1.165, 1.54) is 0 Å². The molecular weight excluding hydrogens is 90.1 g/mol. The summed E-state index contributed by atoms with van der Waals surface area (Å²) < 4.78 is 4.77. The Morgan fingerprint density at radius 2 is 2.43 bits per heavy atom. The van der Waals surface area contributed by atoms with E-state index in [1.807, 2.05) is 6.92 Å². The van der Waals surface area contributed by atoms with Crippen molar-refractivity contribution >= 4 is 0 Å². The van der Waals surface area contributed by atoms with Gasteiger partial charge in [-0.25, -0.2) is 0 Å². The van der Waals surface area contributed by atoms with Gasteiger partial charge in [0.15, 0.2) is 5.88 Å². The predicted octanol–water partition coefficient (Wildman–Crippen LogP) is 0.843. The highest BCUT2D eigenvalue weighted by Gasteiger charge is 1.79. The summed E-state index contributed by atoms with van der Waals surface area (Å²) in [4.78, 5) is 0. The Labute approximate surface area is 44.0 Å². The minimum atomic E-state index is 0.307. The Bertz CT molecular complexity index is 61.1. The van der Waals surface area contributed by atoms with Crippen molar-refractivity contribution < 1.29 is 4.74 Å². The fraction of sp³-hybridized carbons (Fsp3) is 0.600. The molecule has 0 saturated heterocycles. The predicted molar refractivity (Wildman–Crippen MR) is 29.6 cm³/mol. The molecule has 0 aromatic carbocycles. The molecule has 0 spiro atoms. The fourth-order valence-corrected chi connectivity index (χ4v) is 0.233. The highest BCUT2D eigenvalue weighted by molar-refractivity contribution is 4.70. The Hall–Kier alpha value is -0.660. The van der Waals surface area contributed by atoms with E-state index in [4.69, 9.17) is 10.5 Å². The van der Waals surface area contributed by atoms with Crippen LogP contribution in [0.5, 0.6) is 0 Å². The lowest BCUT2D eigenvalue weighted by Crippen LogP contribution is -2.00. The molecule has 0 aliphatic heterocycles. The quantitative estimate of drug-likeness (QED) is 0.535. The Morgan fingerprint density at radius 1 is 1.86 bits per heavy atom. The SMILES string of the molecule is C=C(N)OCCC. The van der Waals surface area contributed by atoms with Crippen LogP contribution >= 0.6 is 0 Å². The first-order valence-corrected chi connectivity index (χ1v) is 2.34. The fourth-order valence-electron chi connectivity index (χ4n) is 0.233. The normalized spacial score (nSPS) is 8.14. The summed E-state index contributed by atoms with van der Waals surface area (Å²) in [7, 11) is 0. The lowest BCUT2D eigenvalue weighted by molar-refractivity contribution is 0.211. The zero-order valence-corrected chi connectivity index (χ0v) is 4.61. The molecule has 0 aromatic heterocycles. The number of hydrogen-bond donors (Lipinski definition) is 1. The molecule has 2 heteroatoms. The van der Waals surface area contributed by atoms with Gasteiger partial charge in [-0.05, 0) is 13.0 Å². The molecule has 0 heterocycles. The van der Waals surface area contributed by atoms with Gasteiger partial charge in [-0.3, -0.25) is 0 Å². The minimum absolute atomic E-state index is 0.307. The Morgan fingerprint density at radius 3 is 2.57 bits per heavy atom. The van der Waals surface area contributed by atoms with E-state index in [0.717, 1.165) is 6.42 Å². The van der Waals surface area contributed by atoms with Gasteiger partial charge in [-0.15, -0.1) is 0 Å². The number of ether oxygens (including phenoxy) is 1. The highest BCUT2D eigenvalue weighted by Crippen LogP contribution is 1.83. The molecule has 0 radical (unpaired) electrons. The van der Waals surface area contributed by atoms with E-state index in [1.54, 1.807) is 0 Å². The maximum absolute atomic E-state index is 5.06. The second-order valence-corrected chi connectivity index (χ2v) is 1.31. The van der Waals surface area contributed by atoms with Crippen LogP contribution in [0.2, 0.25) is 0 Å². The molecule has 0 fully saturated rings. The third-order valence-corrected chi connectivity index (χ3v) is 0.492. The molecule has 2 nitrogen and oxygen atoms in total. The summed E-state index contributed by atoms with van der Waals surface area (Å²) >= 11 is 0. The molecule has 0 saturated carbocycles. The lowest BCUT2D eigenvalue weighted by atomic mass is 10.5. The van der Waals surface area contributed by atoms with E-state index < -0.39 is 0 Å². The van der Waals surface area contributed by atoms with E-state index in [2.05, 4.69) is 6.58 Å². The molecule has 0 bridgehead atoms. The summed E-state index contributed by atoms with van der Waals surface area (Å²) in [6.45, 7) is 6.04. The van der Waals surface area contributed by atoms with Crippen LogP contribution in [0, 0.1) is 0 Å². The van der Waals surface area contributed by atoms with Crippen molar-refractivity contribution in [1.29, 1.82) is 0 Å². The molecular formula is C5H11NO. The maximum atomic E-state index is 5.06. The monoisotopic (exact) mass is 101 g/mol. The zero-order valence-electron chi connectivity index (χ0n) is 4.61. The molecule has 0 aliphatic rings. The van der Waals surface area contributed by atoms with Crippen molar-refractivity contribution in [3.63, 3.8) is 0 Å². The molecule has 0 unspecified atom stereocenters. The van der Waals surface area contributed by atoms with Gasteiger partial charge in [0, 0.05) is 0 Å². The zero-order chi connectivity index (χ0) is 5.70. The molecule has 7 heavy (non-hydrogen) atoms. The van der Waals surface area contributed by atoms with Gasteiger partial charge >= 0.3 is 0 Å². The molecule has 0 aliphatic carbocycles. The summed E-state index contributed by atoms with van der Waals surface area (Å²) in [6, 6.07) is 0. The van der Waals surface area contributed by atoms with E-state index in [-0.39, 0.29) is 0 Å². The average Bonchev–Trinajstić information content (AvgIpc) is 1.61. The summed E-state index contributed by atoms with van der Waals surface area (Å²) in [5.41, 5.74) is 5.06. The summed E-state index contributed by atoms with van der Waals surface area (Å²) in [5, 5.41) is 0. The largest absolute Gasteiger partial charge is 0.480 e. The van der Waals surface area contributed by atoms with Gasteiger partial charge in [-0.2, -0.15) is 0 Å². The molecule has 42 valence electrons. The van der Waals surface area contributed by atoms with Crippen molar-refractivity contribution in [1.82, 2.24) is 0 Å². The van der Waals surface area contributed by atoms with Crippen LogP contribution < -0.4 is 5.73 Å². The van der Waals surface area contributed by atoms with Crippen molar-refractivity contribution in [2.24, 2.45) is 5.73 Å². The standard InChI is InChI=1S/C5H11NO/c1-3-4-7-5(2)6/h2-4,6H2,1H3. The summed E-state index contributed by atoms with van der Waals surface area (Å²) in [5.74, 6) is 0.307. The second-order valence-electron chi connectivity index (χ2n) is 1.31. The number of rotatable bonds is 3. The molecule has 0 amide bonds. The number of hydrogen-bond acceptors (Lipinski definition) is 2. The molecule has 0 rings (SSSR count).